The van der Waals surface area contributed by atoms with Crippen LogP contribution in [-0.2, 0) is 60.6 Å². The van der Waals surface area contributed by atoms with Crippen molar-refractivity contribution < 1.29 is 60.6 Å². The Bertz CT molecular complexity index is 1080. The molecule has 11 heteroatoms. The van der Waals surface area contributed by atoms with Crippen LogP contribution in [0.2, 0.25) is 0 Å². The summed E-state index contributed by atoms with van der Waals surface area (Å²) in [6, 6.07) is 11.0. The fraction of sp³-hybridized carbons (Fsp3) is 0.690. The van der Waals surface area contributed by atoms with Gasteiger partial charge in [0, 0.05) is 32.7 Å². The Morgan fingerprint density at radius 2 is 0.975 bits per heavy atom. The molecule has 5 rings (SSSR count). The van der Waals surface area contributed by atoms with Crippen LogP contribution in [0.1, 0.15) is 96.9 Å². The number of pyridine rings is 1. The normalized spacial score (nSPS) is 24.5. The molecule has 3 saturated heterocycles. The molecule has 0 bridgehead atoms. The van der Waals surface area contributed by atoms with E-state index in [0.29, 0.717) is 0 Å². The molecule has 3 aliphatic heterocycles. The number of aromatic nitrogens is 1. The predicted molar refractivity (Wildman–Crippen MR) is 160 cm³/mol. The molecule has 0 spiro atoms. The zero-order valence-corrected chi connectivity index (χ0v) is 29.9. The summed E-state index contributed by atoms with van der Waals surface area (Å²) in [6.07, 6.45) is 1.68. The molecular formula is C29H47B3NO6Y-. The van der Waals surface area contributed by atoms with Gasteiger partial charge in [0.15, 0.2) is 0 Å². The summed E-state index contributed by atoms with van der Waals surface area (Å²) in [5.41, 5.74) is -0.0848. The van der Waals surface area contributed by atoms with E-state index in [4.69, 9.17) is 27.9 Å². The minimum atomic E-state index is -0.476. The van der Waals surface area contributed by atoms with E-state index in [2.05, 4.69) is 44.8 Å². The zero-order chi connectivity index (χ0) is 29.7. The van der Waals surface area contributed by atoms with Gasteiger partial charge in [-0.1, -0.05) is 32.2 Å². The van der Waals surface area contributed by atoms with Gasteiger partial charge in [-0.2, -0.15) is 0 Å². The number of benzene rings is 1. The zero-order valence-electron chi connectivity index (χ0n) is 27.1. The summed E-state index contributed by atoms with van der Waals surface area (Å²) in [5, 5.41) is 1.05. The Morgan fingerprint density at radius 3 is 1.38 bits per heavy atom. The first kappa shape index (κ1) is 35.9. The van der Waals surface area contributed by atoms with Crippen molar-refractivity contribution in [1.82, 2.24) is 4.98 Å². The molecular weight excluding hydrogens is 580 g/mol. The Hall–Kier alpha value is -0.311. The monoisotopic (exact) mass is 627 g/mol. The van der Waals surface area contributed by atoms with Gasteiger partial charge in [0.1, 0.15) is 0 Å². The van der Waals surface area contributed by atoms with Crippen molar-refractivity contribution in [3.8, 4) is 0 Å². The largest absolute Gasteiger partial charge is 0.493 e. The third-order valence-corrected chi connectivity index (χ3v) is 8.86. The summed E-state index contributed by atoms with van der Waals surface area (Å²) >= 11 is 0. The quantitative estimate of drug-likeness (QED) is 0.317. The Labute approximate surface area is 268 Å². The van der Waals surface area contributed by atoms with Gasteiger partial charge in [0.25, 0.3) is 0 Å². The number of fused-ring (bicyclic) bond motifs is 1. The van der Waals surface area contributed by atoms with Gasteiger partial charge in [-0.15, -0.1) is 11.5 Å². The van der Waals surface area contributed by atoms with Crippen molar-refractivity contribution in [2.45, 2.75) is 131 Å². The van der Waals surface area contributed by atoms with Gasteiger partial charge < -0.3 is 27.9 Å². The summed E-state index contributed by atoms with van der Waals surface area (Å²) in [4.78, 5) is 4.27. The number of hydrogen-bond donors (Lipinski definition) is 0. The molecule has 1 aromatic carbocycles. The van der Waals surface area contributed by atoms with Crippen LogP contribution in [0.25, 0.3) is 10.9 Å². The minimum absolute atomic E-state index is 0. The number of rotatable bonds is 2. The van der Waals surface area contributed by atoms with Crippen LogP contribution >= 0.6 is 0 Å². The van der Waals surface area contributed by atoms with Crippen molar-refractivity contribution in [3.05, 3.63) is 36.5 Å². The third kappa shape index (κ3) is 7.07. The van der Waals surface area contributed by atoms with Crippen LogP contribution in [0, 0.1) is 6.07 Å². The van der Waals surface area contributed by atoms with Gasteiger partial charge in [-0.05, 0) is 94.1 Å². The first-order valence-corrected chi connectivity index (χ1v) is 14.1. The Balaban J connectivity index is 0.000000258. The van der Waals surface area contributed by atoms with Gasteiger partial charge in [0.2, 0.25) is 0 Å². The average molecular weight is 627 g/mol. The maximum atomic E-state index is 6.05. The van der Waals surface area contributed by atoms with Crippen LogP contribution in [-0.4, -0.2) is 59.7 Å². The van der Waals surface area contributed by atoms with E-state index in [-0.39, 0.29) is 73.4 Å². The topological polar surface area (TPSA) is 68.3 Å². The SMILES string of the molecule is CC.CC1(C)OB(B2OC(C)(C)C(C)(C)O2)OC1(C)C.CC1(C)OB(c2ccc3nc[c-]cc3c2)OC1(C)C.[Y]. The van der Waals surface area contributed by atoms with E-state index in [0.717, 1.165) is 16.4 Å². The Morgan fingerprint density at radius 1 is 0.600 bits per heavy atom. The van der Waals surface area contributed by atoms with Gasteiger partial charge in [-0.25, -0.2) is 12.1 Å². The second-order valence-electron chi connectivity index (χ2n) is 13.2. The van der Waals surface area contributed by atoms with E-state index >= 15 is 0 Å². The van der Waals surface area contributed by atoms with Crippen LogP contribution in [0.3, 0.4) is 0 Å². The fourth-order valence-corrected chi connectivity index (χ4v) is 4.17. The average Bonchev–Trinajstić information content (AvgIpc) is 3.29. The van der Waals surface area contributed by atoms with Crippen LogP contribution in [0.15, 0.2) is 30.5 Å². The maximum Gasteiger partial charge on any atom is 0.493 e. The molecule has 0 amide bonds. The van der Waals surface area contributed by atoms with Crippen molar-refractivity contribution >= 4 is 37.5 Å². The molecule has 0 unspecified atom stereocenters. The first-order chi connectivity index (χ1) is 17.8. The van der Waals surface area contributed by atoms with Crippen LogP contribution in [0.4, 0.5) is 0 Å². The Kier molecular flexibility index (Phi) is 11.1. The van der Waals surface area contributed by atoms with E-state index in [1.54, 1.807) is 6.20 Å². The number of hydrogen-bond acceptors (Lipinski definition) is 7. The molecule has 217 valence electrons. The summed E-state index contributed by atoms with van der Waals surface area (Å²) in [6.45, 7) is 28.4. The van der Waals surface area contributed by atoms with Crippen molar-refractivity contribution in [2.24, 2.45) is 0 Å². The molecule has 40 heavy (non-hydrogen) atoms. The van der Waals surface area contributed by atoms with Crippen molar-refractivity contribution in [2.75, 3.05) is 0 Å². The standard InChI is InChI=1S/C15H17BNO2.C12H24B2O4.C2H6.Y/c1-14(2)15(3,4)19-16(18-14)12-7-8-13-11(10-12)6-5-9-17-13;1-9(2)10(3,4)16-13(15-9)14-17-11(5,6)12(7,8)18-14;1-2;/h6-10H,1-4H3;1-8H3;1-2H3;/q-1;;;. The predicted octanol–water partition coefficient (Wildman–Crippen LogP) is 5.61. The second-order valence-corrected chi connectivity index (χ2v) is 13.2. The van der Waals surface area contributed by atoms with E-state index in [9.17, 15) is 0 Å². The van der Waals surface area contributed by atoms with Crippen molar-refractivity contribution in [3.63, 3.8) is 0 Å². The van der Waals surface area contributed by atoms with E-state index in [1.165, 1.54) is 0 Å². The van der Waals surface area contributed by atoms with Crippen molar-refractivity contribution in [1.29, 1.82) is 0 Å². The molecule has 0 saturated carbocycles. The summed E-state index contributed by atoms with van der Waals surface area (Å²) in [7, 11) is -1.28. The van der Waals surface area contributed by atoms with Gasteiger partial charge >= 0.3 is 21.1 Å². The molecule has 0 aliphatic carbocycles. The molecule has 2 aromatic rings. The minimum Gasteiger partial charge on any atom is -0.405 e. The molecule has 3 fully saturated rings. The second kappa shape index (κ2) is 12.4. The van der Waals surface area contributed by atoms with E-state index in [1.807, 2.05) is 87.4 Å². The molecule has 1 radical (unpaired) electrons. The smallest absolute Gasteiger partial charge is 0.405 e. The third-order valence-electron chi connectivity index (χ3n) is 8.86. The van der Waals surface area contributed by atoms with Gasteiger partial charge in [0.05, 0.1) is 33.6 Å². The van der Waals surface area contributed by atoms with Crippen LogP contribution < -0.4 is 5.46 Å². The molecule has 4 heterocycles. The summed E-state index contributed by atoms with van der Waals surface area (Å²) in [5.74, 6) is 0. The van der Waals surface area contributed by atoms with Gasteiger partial charge in [-0.3, -0.25) is 4.98 Å². The first-order valence-electron chi connectivity index (χ1n) is 14.1. The molecule has 1 aromatic heterocycles. The molecule has 0 N–H and O–H groups in total. The number of nitrogens with zero attached hydrogens (tertiary/aromatic N) is 1. The maximum absolute atomic E-state index is 6.05. The molecule has 0 atom stereocenters. The summed E-state index contributed by atoms with van der Waals surface area (Å²) < 4.78 is 35.9. The fourth-order valence-electron chi connectivity index (χ4n) is 4.17. The molecule has 3 aliphatic rings. The molecule has 7 nitrogen and oxygen atoms in total. The van der Waals surface area contributed by atoms with Crippen LogP contribution in [0.5, 0.6) is 0 Å². The van der Waals surface area contributed by atoms with E-state index < -0.39 is 14.0 Å².